The van der Waals surface area contributed by atoms with E-state index in [1.165, 1.54) is 232 Å². The molecule has 0 aromatic carbocycles. The molecule has 0 bridgehead atoms. The maximum Gasteiger partial charge on any atom is 0.0109 e. The second-order valence-electron chi connectivity index (χ2n) is 14.3. The van der Waals surface area contributed by atoms with Crippen molar-refractivity contribution in [2.45, 2.75) is 206 Å². The molecule has 1 aliphatic heterocycles. The summed E-state index contributed by atoms with van der Waals surface area (Å²) in [5.41, 5.74) is 0. The highest BCUT2D eigenvalue weighted by atomic mass is 15.2. The second kappa shape index (κ2) is 35.3. The Morgan fingerprint density at radius 3 is 1.07 bits per heavy atom. The third-order valence-electron chi connectivity index (χ3n) is 9.90. The summed E-state index contributed by atoms with van der Waals surface area (Å²) < 4.78 is 0. The molecule has 2 nitrogen and oxygen atoms in total. The van der Waals surface area contributed by atoms with Crippen LogP contribution in [0, 0.1) is 0 Å². The highest BCUT2D eigenvalue weighted by Crippen LogP contribution is 2.13. The van der Waals surface area contributed by atoms with Crippen LogP contribution in [0.3, 0.4) is 0 Å². The Morgan fingerprint density at radius 2 is 0.705 bits per heavy atom. The molecule has 0 N–H and O–H groups in total. The number of hydrogen-bond donors (Lipinski definition) is 0. The average Bonchev–Trinajstić information content (AvgIpc) is 3.56. The van der Waals surface area contributed by atoms with Crippen LogP contribution >= 0.6 is 0 Å². The first-order valence-corrected chi connectivity index (χ1v) is 20.6. The zero-order valence-electron chi connectivity index (χ0n) is 30.7. The van der Waals surface area contributed by atoms with Crippen LogP contribution in [0.25, 0.3) is 0 Å². The predicted octanol–water partition coefficient (Wildman–Crippen LogP) is 13.5. The van der Waals surface area contributed by atoms with Crippen molar-refractivity contribution in [2.75, 3.05) is 39.3 Å². The quantitative estimate of drug-likeness (QED) is 0.0517. The van der Waals surface area contributed by atoms with Crippen molar-refractivity contribution in [2.24, 2.45) is 0 Å². The van der Waals surface area contributed by atoms with E-state index in [1.54, 1.807) is 0 Å². The molecule has 0 spiro atoms. The van der Waals surface area contributed by atoms with Crippen molar-refractivity contribution in [3.05, 3.63) is 24.3 Å². The molecule has 0 amide bonds. The van der Waals surface area contributed by atoms with Gasteiger partial charge in [-0.1, -0.05) is 154 Å². The van der Waals surface area contributed by atoms with Gasteiger partial charge in [0.15, 0.2) is 0 Å². The molecule has 0 saturated carbocycles. The van der Waals surface area contributed by atoms with Gasteiger partial charge >= 0.3 is 0 Å². The molecule has 1 rings (SSSR count). The van der Waals surface area contributed by atoms with Crippen LogP contribution in [-0.4, -0.2) is 49.1 Å². The van der Waals surface area contributed by atoms with Crippen LogP contribution in [-0.2, 0) is 0 Å². The first kappa shape index (κ1) is 41.4. The fourth-order valence-corrected chi connectivity index (χ4v) is 6.79. The van der Waals surface area contributed by atoms with E-state index in [-0.39, 0.29) is 0 Å². The Hall–Kier alpha value is -0.600. The van der Waals surface area contributed by atoms with Crippen LogP contribution in [0.15, 0.2) is 24.3 Å². The molecule has 260 valence electrons. The maximum atomic E-state index is 2.82. The summed E-state index contributed by atoms with van der Waals surface area (Å²) in [5, 5.41) is 0. The molecular formula is C42H82N2. The van der Waals surface area contributed by atoms with Crippen LogP contribution < -0.4 is 0 Å². The van der Waals surface area contributed by atoms with Gasteiger partial charge in [0.25, 0.3) is 0 Å². The summed E-state index contributed by atoms with van der Waals surface area (Å²) in [4.78, 5) is 5.53. The molecular weight excluding hydrogens is 532 g/mol. The largest absolute Gasteiger partial charge is 0.302 e. The van der Waals surface area contributed by atoms with Crippen molar-refractivity contribution in [1.82, 2.24) is 9.80 Å². The Morgan fingerprint density at radius 1 is 0.386 bits per heavy atom. The van der Waals surface area contributed by atoms with E-state index < -0.39 is 0 Å². The number of nitrogens with zero attached hydrogens (tertiary/aromatic N) is 2. The van der Waals surface area contributed by atoms with Gasteiger partial charge < -0.3 is 9.80 Å². The Balaban J connectivity index is 1.99. The molecule has 0 aromatic rings. The lowest BCUT2D eigenvalue weighted by Crippen LogP contribution is -2.35. The lowest BCUT2D eigenvalue weighted by Gasteiger charge is -2.25. The van der Waals surface area contributed by atoms with Crippen LogP contribution in [0.4, 0.5) is 0 Å². The lowest BCUT2D eigenvalue weighted by molar-refractivity contribution is 0.217. The number of hydrogen-bond acceptors (Lipinski definition) is 2. The van der Waals surface area contributed by atoms with Crippen LogP contribution in [0.1, 0.15) is 206 Å². The minimum Gasteiger partial charge on any atom is -0.302 e. The van der Waals surface area contributed by atoms with Crippen molar-refractivity contribution in [1.29, 1.82) is 0 Å². The highest BCUT2D eigenvalue weighted by molar-refractivity contribution is 4.82. The Kier molecular flexibility index (Phi) is 33.2. The summed E-state index contributed by atoms with van der Waals surface area (Å²) in [6.45, 7) is 12.6. The fraction of sp³-hybridized carbons (Fsp3) is 0.905. The summed E-state index contributed by atoms with van der Waals surface area (Å²) in [7, 11) is 0. The average molecular weight is 615 g/mol. The van der Waals surface area contributed by atoms with Gasteiger partial charge in [0.05, 0.1) is 0 Å². The molecule has 2 heteroatoms. The maximum absolute atomic E-state index is 2.82. The van der Waals surface area contributed by atoms with Gasteiger partial charge in [-0.2, -0.15) is 0 Å². The molecule has 1 heterocycles. The molecule has 1 saturated heterocycles. The monoisotopic (exact) mass is 615 g/mol. The van der Waals surface area contributed by atoms with Crippen molar-refractivity contribution >= 4 is 0 Å². The van der Waals surface area contributed by atoms with E-state index >= 15 is 0 Å². The van der Waals surface area contributed by atoms with E-state index in [4.69, 9.17) is 0 Å². The van der Waals surface area contributed by atoms with Gasteiger partial charge in [-0.25, -0.2) is 0 Å². The third kappa shape index (κ3) is 30.1. The van der Waals surface area contributed by atoms with Gasteiger partial charge in [0.1, 0.15) is 0 Å². The van der Waals surface area contributed by atoms with Gasteiger partial charge in [-0.15, -0.1) is 0 Å². The standard InChI is InChI=1S/C42H82N2/c1-3-5-7-9-11-13-15-17-19-21-23-25-27-29-31-33-37-43(41-42-44-39-35-36-40-44)38-34-32-30-28-26-24-22-20-18-16-14-12-10-8-6-4-2/h17-20H,3-16,21-42H2,1-2H3. The lowest BCUT2D eigenvalue weighted by atomic mass is 10.1. The fourth-order valence-electron chi connectivity index (χ4n) is 6.79. The van der Waals surface area contributed by atoms with E-state index in [0.717, 1.165) is 0 Å². The zero-order chi connectivity index (χ0) is 31.4. The van der Waals surface area contributed by atoms with Crippen molar-refractivity contribution in [3.63, 3.8) is 0 Å². The van der Waals surface area contributed by atoms with E-state index in [0.29, 0.717) is 0 Å². The minimum atomic E-state index is 1.30. The first-order chi connectivity index (χ1) is 21.9. The number of rotatable bonds is 35. The van der Waals surface area contributed by atoms with Crippen molar-refractivity contribution in [3.8, 4) is 0 Å². The molecule has 0 atom stereocenters. The van der Waals surface area contributed by atoms with Gasteiger partial charge in [-0.3, -0.25) is 0 Å². The van der Waals surface area contributed by atoms with Crippen LogP contribution in [0.2, 0.25) is 0 Å². The molecule has 0 aromatic heterocycles. The summed E-state index contributed by atoms with van der Waals surface area (Å²) in [6, 6.07) is 0. The Bertz CT molecular complexity index is 549. The number of likely N-dealkylation sites (tertiary alicyclic amines) is 1. The minimum absolute atomic E-state index is 1.30. The normalized spacial score (nSPS) is 14.3. The van der Waals surface area contributed by atoms with Gasteiger partial charge in [0, 0.05) is 13.1 Å². The predicted molar refractivity (Wildman–Crippen MR) is 201 cm³/mol. The molecule has 0 aliphatic carbocycles. The summed E-state index contributed by atoms with van der Waals surface area (Å²) in [5.74, 6) is 0. The summed E-state index contributed by atoms with van der Waals surface area (Å²) in [6.07, 6.45) is 51.9. The van der Waals surface area contributed by atoms with Crippen molar-refractivity contribution < 1.29 is 0 Å². The molecule has 1 fully saturated rings. The molecule has 0 radical (unpaired) electrons. The van der Waals surface area contributed by atoms with E-state index in [9.17, 15) is 0 Å². The second-order valence-corrected chi connectivity index (χ2v) is 14.3. The highest BCUT2D eigenvalue weighted by Gasteiger charge is 2.13. The molecule has 1 aliphatic rings. The van der Waals surface area contributed by atoms with Crippen LogP contribution in [0.5, 0.6) is 0 Å². The smallest absolute Gasteiger partial charge is 0.0109 e. The zero-order valence-corrected chi connectivity index (χ0v) is 30.7. The first-order valence-electron chi connectivity index (χ1n) is 20.6. The number of allylic oxidation sites excluding steroid dienone is 4. The van der Waals surface area contributed by atoms with E-state index in [1.807, 2.05) is 0 Å². The molecule has 0 unspecified atom stereocenters. The third-order valence-corrected chi connectivity index (χ3v) is 9.90. The summed E-state index contributed by atoms with van der Waals surface area (Å²) >= 11 is 0. The SMILES string of the molecule is CCCCCCCCC=CCCCCCCCCN(CCCCCCCCC=CCCCCCCCC)CCN1CCCC1. The molecule has 44 heavy (non-hydrogen) atoms. The topological polar surface area (TPSA) is 6.48 Å². The number of unbranched alkanes of at least 4 members (excludes halogenated alkanes) is 24. The van der Waals surface area contributed by atoms with Gasteiger partial charge in [-0.05, 0) is 103 Å². The van der Waals surface area contributed by atoms with Gasteiger partial charge in [0.2, 0.25) is 0 Å². The Labute approximate surface area is 279 Å². The van der Waals surface area contributed by atoms with E-state index in [2.05, 4.69) is 48.0 Å².